The van der Waals surface area contributed by atoms with Crippen molar-refractivity contribution < 1.29 is 0 Å². The molecule has 0 bridgehead atoms. The highest BCUT2D eigenvalue weighted by molar-refractivity contribution is 5.43. The molecule has 20 heavy (non-hydrogen) atoms. The summed E-state index contributed by atoms with van der Waals surface area (Å²) in [7, 11) is 4.16. The standard InChI is InChI=1S/C15H27N5/c1-13-12-14(16-8-11-19(2)3)18-15(17-13)20-9-6-4-5-7-10-20/h12H,4-11H2,1-3H3,(H,16,17,18). The zero-order chi connectivity index (χ0) is 14.4. The summed E-state index contributed by atoms with van der Waals surface area (Å²) < 4.78 is 0. The number of anilines is 2. The van der Waals surface area contributed by atoms with Crippen molar-refractivity contribution in [3.8, 4) is 0 Å². The fraction of sp³-hybridized carbons (Fsp3) is 0.733. The predicted molar refractivity (Wildman–Crippen MR) is 84.5 cm³/mol. The Labute approximate surface area is 122 Å². The van der Waals surface area contributed by atoms with Gasteiger partial charge in [-0.05, 0) is 33.9 Å². The van der Waals surface area contributed by atoms with E-state index in [4.69, 9.17) is 0 Å². The van der Waals surface area contributed by atoms with E-state index in [0.717, 1.165) is 43.6 Å². The van der Waals surface area contributed by atoms with Gasteiger partial charge in [0.1, 0.15) is 5.82 Å². The third kappa shape index (κ3) is 4.63. The largest absolute Gasteiger partial charge is 0.369 e. The van der Waals surface area contributed by atoms with Gasteiger partial charge >= 0.3 is 0 Å². The highest BCUT2D eigenvalue weighted by atomic mass is 15.3. The Balaban J connectivity index is 2.03. The number of nitrogens with zero attached hydrogens (tertiary/aromatic N) is 4. The second kappa shape index (κ2) is 7.43. The van der Waals surface area contributed by atoms with Gasteiger partial charge in [0.05, 0.1) is 0 Å². The molecule has 0 amide bonds. The summed E-state index contributed by atoms with van der Waals surface area (Å²) in [5.74, 6) is 1.83. The maximum Gasteiger partial charge on any atom is 0.227 e. The van der Waals surface area contributed by atoms with E-state index in [-0.39, 0.29) is 0 Å². The average Bonchev–Trinajstić information content (AvgIpc) is 2.66. The van der Waals surface area contributed by atoms with Crippen LogP contribution in [0.25, 0.3) is 0 Å². The van der Waals surface area contributed by atoms with Gasteiger partial charge in [-0.2, -0.15) is 4.98 Å². The van der Waals surface area contributed by atoms with E-state index < -0.39 is 0 Å². The number of aryl methyl sites for hydroxylation is 1. The Kier molecular flexibility index (Phi) is 5.59. The van der Waals surface area contributed by atoms with Crippen LogP contribution in [0.1, 0.15) is 31.4 Å². The maximum atomic E-state index is 4.68. The van der Waals surface area contributed by atoms with E-state index >= 15 is 0 Å². The fourth-order valence-corrected chi connectivity index (χ4v) is 2.46. The Hall–Kier alpha value is -1.36. The molecule has 5 heteroatoms. The lowest BCUT2D eigenvalue weighted by Gasteiger charge is -2.21. The van der Waals surface area contributed by atoms with Crippen molar-refractivity contribution in [1.82, 2.24) is 14.9 Å². The zero-order valence-corrected chi connectivity index (χ0v) is 13.0. The highest BCUT2D eigenvalue weighted by Crippen LogP contribution is 2.18. The van der Waals surface area contributed by atoms with Crippen molar-refractivity contribution in [2.75, 3.05) is 50.5 Å². The van der Waals surface area contributed by atoms with Crippen molar-refractivity contribution in [3.05, 3.63) is 11.8 Å². The molecular formula is C15H27N5. The summed E-state index contributed by atoms with van der Waals surface area (Å²) in [6.07, 6.45) is 5.16. The Morgan fingerprint density at radius 1 is 1.15 bits per heavy atom. The lowest BCUT2D eigenvalue weighted by molar-refractivity contribution is 0.425. The number of hydrogen-bond acceptors (Lipinski definition) is 5. The van der Waals surface area contributed by atoms with Crippen molar-refractivity contribution in [2.24, 2.45) is 0 Å². The first-order chi connectivity index (χ1) is 9.65. The first kappa shape index (κ1) is 15.0. The number of aromatic nitrogens is 2. The second-order valence-electron chi connectivity index (χ2n) is 5.83. The van der Waals surface area contributed by atoms with E-state index in [9.17, 15) is 0 Å². The normalized spacial score (nSPS) is 16.3. The van der Waals surface area contributed by atoms with Crippen LogP contribution in [0.3, 0.4) is 0 Å². The minimum absolute atomic E-state index is 0.888. The van der Waals surface area contributed by atoms with Gasteiger partial charge in [-0.25, -0.2) is 4.98 Å². The summed E-state index contributed by atoms with van der Waals surface area (Å²) in [5.41, 5.74) is 1.03. The van der Waals surface area contributed by atoms with Gasteiger partial charge in [0.25, 0.3) is 0 Å². The zero-order valence-electron chi connectivity index (χ0n) is 13.0. The van der Waals surface area contributed by atoms with E-state index in [0.29, 0.717) is 0 Å². The lowest BCUT2D eigenvalue weighted by atomic mass is 10.2. The molecular weight excluding hydrogens is 250 g/mol. The summed E-state index contributed by atoms with van der Waals surface area (Å²) in [5, 5.41) is 3.39. The summed E-state index contributed by atoms with van der Waals surface area (Å²) in [6.45, 7) is 6.12. The van der Waals surface area contributed by atoms with Crippen molar-refractivity contribution >= 4 is 11.8 Å². The number of rotatable bonds is 5. The molecule has 0 unspecified atom stereocenters. The molecule has 1 aromatic rings. The van der Waals surface area contributed by atoms with Gasteiger partial charge < -0.3 is 15.1 Å². The van der Waals surface area contributed by atoms with Crippen LogP contribution in [-0.4, -0.2) is 55.1 Å². The highest BCUT2D eigenvalue weighted by Gasteiger charge is 2.13. The first-order valence-electron chi connectivity index (χ1n) is 7.64. The molecule has 0 aromatic carbocycles. The molecule has 1 aliphatic rings. The topological polar surface area (TPSA) is 44.3 Å². The van der Waals surface area contributed by atoms with Crippen molar-refractivity contribution in [1.29, 1.82) is 0 Å². The maximum absolute atomic E-state index is 4.68. The van der Waals surface area contributed by atoms with Gasteiger partial charge in [-0.1, -0.05) is 12.8 Å². The van der Waals surface area contributed by atoms with Crippen LogP contribution in [-0.2, 0) is 0 Å². The monoisotopic (exact) mass is 277 g/mol. The molecule has 0 atom stereocenters. The average molecular weight is 277 g/mol. The third-order valence-corrected chi connectivity index (χ3v) is 3.60. The number of likely N-dealkylation sites (N-methyl/N-ethyl adjacent to an activating group) is 1. The van der Waals surface area contributed by atoms with E-state index in [1.54, 1.807) is 0 Å². The van der Waals surface area contributed by atoms with E-state index in [1.807, 2.05) is 13.0 Å². The van der Waals surface area contributed by atoms with Crippen LogP contribution in [0, 0.1) is 6.92 Å². The molecule has 1 aromatic heterocycles. The molecule has 0 aliphatic carbocycles. The van der Waals surface area contributed by atoms with Gasteiger partial charge in [0.15, 0.2) is 0 Å². The van der Waals surface area contributed by atoms with E-state index in [1.165, 1.54) is 25.7 Å². The predicted octanol–water partition coefficient (Wildman–Crippen LogP) is 2.14. The Bertz CT molecular complexity index is 411. The second-order valence-corrected chi connectivity index (χ2v) is 5.83. The SMILES string of the molecule is Cc1cc(NCCN(C)C)nc(N2CCCCCC2)n1. The number of hydrogen-bond donors (Lipinski definition) is 1. The summed E-state index contributed by atoms with van der Waals surface area (Å²) in [6, 6.07) is 2.02. The molecule has 0 saturated carbocycles. The minimum Gasteiger partial charge on any atom is -0.369 e. The van der Waals surface area contributed by atoms with Crippen LogP contribution >= 0.6 is 0 Å². The van der Waals surface area contributed by atoms with Gasteiger partial charge in [0.2, 0.25) is 5.95 Å². The van der Waals surface area contributed by atoms with Crippen LogP contribution in [0.4, 0.5) is 11.8 Å². The van der Waals surface area contributed by atoms with Gasteiger partial charge in [0, 0.05) is 37.9 Å². The molecule has 5 nitrogen and oxygen atoms in total. The van der Waals surface area contributed by atoms with E-state index in [2.05, 4.69) is 39.2 Å². The molecule has 1 aliphatic heterocycles. The number of nitrogens with one attached hydrogen (secondary N) is 1. The Morgan fingerprint density at radius 2 is 1.85 bits per heavy atom. The molecule has 1 saturated heterocycles. The van der Waals surface area contributed by atoms with Crippen molar-refractivity contribution in [2.45, 2.75) is 32.6 Å². The molecule has 0 radical (unpaired) electrons. The fourth-order valence-electron chi connectivity index (χ4n) is 2.46. The van der Waals surface area contributed by atoms with Crippen LogP contribution < -0.4 is 10.2 Å². The molecule has 2 rings (SSSR count). The summed E-state index contributed by atoms with van der Waals surface area (Å²) >= 11 is 0. The molecule has 1 fully saturated rings. The van der Waals surface area contributed by atoms with Crippen molar-refractivity contribution in [3.63, 3.8) is 0 Å². The smallest absolute Gasteiger partial charge is 0.227 e. The van der Waals surface area contributed by atoms with Crippen LogP contribution in [0.15, 0.2) is 6.07 Å². The molecule has 2 heterocycles. The molecule has 1 N–H and O–H groups in total. The third-order valence-electron chi connectivity index (χ3n) is 3.60. The van der Waals surface area contributed by atoms with Crippen LogP contribution in [0.5, 0.6) is 0 Å². The molecule has 0 spiro atoms. The Morgan fingerprint density at radius 3 is 2.50 bits per heavy atom. The molecule has 112 valence electrons. The minimum atomic E-state index is 0.888. The first-order valence-corrected chi connectivity index (χ1v) is 7.64. The van der Waals surface area contributed by atoms with Gasteiger partial charge in [-0.3, -0.25) is 0 Å². The van der Waals surface area contributed by atoms with Crippen LogP contribution in [0.2, 0.25) is 0 Å². The lowest BCUT2D eigenvalue weighted by Crippen LogP contribution is -2.27. The van der Waals surface area contributed by atoms with Gasteiger partial charge in [-0.15, -0.1) is 0 Å². The quantitative estimate of drug-likeness (QED) is 0.893. The summed E-state index contributed by atoms with van der Waals surface area (Å²) in [4.78, 5) is 13.8.